The molecule has 2 aliphatic rings. The van der Waals surface area contributed by atoms with Gasteiger partial charge in [0.05, 0.1) is 20.3 Å². The van der Waals surface area contributed by atoms with Gasteiger partial charge in [0.15, 0.2) is 6.10 Å². The first kappa shape index (κ1) is 12.3. The van der Waals surface area contributed by atoms with E-state index in [0.29, 0.717) is 26.2 Å². The van der Waals surface area contributed by atoms with Crippen molar-refractivity contribution in [3.05, 3.63) is 0 Å². The fraction of sp³-hybridized carbons (Fsp3) is 0.818. The number of nitrogens with zero attached hydrogens (tertiary/aromatic N) is 2. The van der Waals surface area contributed by atoms with Gasteiger partial charge in [-0.05, 0) is 6.42 Å². The van der Waals surface area contributed by atoms with Crippen molar-refractivity contribution < 1.29 is 19.1 Å². The van der Waals surface area contributed by atoms with Crippen LogP contribution >= 0.6 is 0 Å². The normalized spacial score (nSPS) is 25.2. The Labute approximate surface area is 100 Å². The van der Waals surface area contributed by atoms with Crippen LogP contribution in [0.15, 0.2) is 0 Å². The predicted octanol–water partition coefficient (Wildman–Crippen LogP) is -0.907. The fourth-order valence-corrected chi connectivity index (χ4v) is 1.98. The summed E-state index contributed by atoms with van der Waals surface area (Å²) in [5.41, 5.74) is 0. The van der Waals surface area contributed by atoms with E-state index >= 15 is 0 Å². The van der Waals surface area contributed by atoms with Gasteiger partial charge in [-0.25, -0.2) is 4.79 Å². The molecule has 1 unspecified atom stereocenters. The highest BCUT2D eigenvalue weighted by Gasteiger charge is 2.30. The fourth-order valence-electron chi connectivity index (χ4n) is 1.98. The average Bonchev–Trinajstić information content (AvgIpc) is 2.26. The summed E-state index contributed by atoms with van der Waals surface area (Å²) in [6, 6.07) is 0. The number of amides is 1. The van der Waals surface area contributed by atoms with Crippen LogP contribution in [-0.4, -0.2) is 74.2 Å². The number of hydrogen-bond acceptors (Lipinski definition) is 5. The second-order valence-corrected chi connectivity index (χ2v) is 4.35. The minimum Gasteiger partial charge on any atom is -0.467 e. The van der Waals surface area contributed by atoms with Crippen LogP contribution in [0.5, 0.6) is 0 Å². The molecule has 0 aromatic heterocycles. The van der Waals surface area contributed by atoms with E-state index in [1.807, 2.05) is 9.80 Å². The van der Waals surface area contributed by atoms with Crippen LogP contribution < -0.4 is 0 Å². The molecule has 0 radical (unpaired) electrons. The summed E-state index contributed by atoms with van der Waals surface area (Å²) in [6.07, 6.45) is 0.539. The standard InChI is InChI=1S/C11H18N2O4/c1-16-11(15)9-7-12(5-6-17-9)8-10(14)13-3-2-4-13/h9H,2-8H2,1H3. The Hall–Kier alpha value is -1.14. The molecule has 0 bridgehead atoms. The SMILES string of the molecule is COC(=O)C1CN(CC(=O)N2CCC2)CCO1. The van der Waals surface area contributed by atoms with Crippen molar-refractivity contribution in [3.8, 4) is 0 Å². The topological polar surface area (TPSA) is 59.1 Å². The molecule has 6 nitrogen and oxygen atoms in total. The lowest BCUT2D eigenvalue weighted by molar-refractivity contribution is -0.161. The van der Waals surface area contributed by atoms with Gasteiger partial charge in [0.2, 0.25) is 5.91 Å². The van der Waals surface area contributed by atoms with Gasteiger partial charge in [0.25, 0.3) is 0 Å². The molecule has 2 rings (SSSR count). The molecule has 0 spiro atoms. The molecule has 0 aromatic rings. The molecular formula is C11H18N2O4. The number of esters is 1. The van der Waals surface area contributed by atoms with Gasteiger partial charge in [-0.1, -0.05) is 0 Å². The molecule has 6 heteroatoms. The van der Waals surface area contributed by atoms with Crippen molar-refractivity contribution in [2.75, 3.05) is 46.4 Å². The largest absolute Gasteiger partial charge is 0.467 e. The van der Waals surface area contributed by atoms with Crippen LogP contribution in [0.25, 0.3) is 0 Å². The molecular weight excluding hydrogens is 224 g/mol. The molecule has 0 aliphatic carbocycles. The zero-order chi connectivity index (χ0) is 12.3. The molecule has 2 aliphatic heterocycles. The lowest BCUT2D eigenvalue weighted by atomic mass is 10.2. The molecule has 2 heterocycles. The Morgan fingerprint density at radius 1 is 1.35 bits per heavy atom. The van der Waals surface area contributed by atoms with Gasteiger partial charge >= 0.3 is 5.97 Å². The van der Waals surface area contributed by atoms with E-state index in [1.165, 1.54) is 7.11 Å². The molecule has 2 saturated heterocycles. The maximum atomic E-state index is 11.8. The Balaban J connectivity index is 1.80. The zero-order valence-corrected chi connectivity index (χ0v) is 10.1. The van der Waals surface area contributed by atoms with Crippen LogP contribution in [0.3, 0.4) is 0 Å². The van der Waals surface area contributed by atoms with Crippen LogP contribution in [0.1, 0.15) is 6.42 Å². The van der Waals surface area contributed by atoms with Crippen LogP contribution in [0.2, 0.25) is 0 Å². The summed E-state index contributed by atoms with van der Waals surface area (Å²) in [5.74, 6) is -0.229. The minimum atomic E-state index is -0.557. The quantitative estimate of drug-likeness (QED) is 0.600. The van der Waals surface area contributed by atoms with Crippen molar-refractivity contribution in [1.29, 1.82) is 0 Å². The number of methoxy groups -OCH3 is 1. The minimum absolute atomic E-state index is 0.141. The van der Waals surface area contributed by atoms with Gasteiger partial charge < -0.3 is 14.4 Å². The highest BCUT2D eigenvalue weighted by Crippen LogP contribution is 2.10. The first-order valence-corrected chi connectivity index (χ1v) is 5.90. The Bertz CT molecular complexity index is 304. The number of carbonyl (C=O) groups is 2. The number of ether oxygens (including phenoxy) is 2. The Morgan fingerprint density at radius 2 is 2.12 bits per heavy atom. The van der Waals surface area contributed by atoms with Gasteiger partial charge in [0, 0.05) is 26.2 Å². The lowest BCUT2D eigenvalue weighted by Crippen LogP contribution is -2.52. The van der Waals surface area contributed by atoms with E-state index in [1.54, 1.807) is 0 Å². The van der Waals surface area contributed by atoms with Gasteiger partial charge in [-0.15, -0.1) is 0 Å². The van der Waals surface area contributed by atoms with Crippen molar-refractivity contribution in [2.45, 2.75) is 12.5 Å². The highest BCUT2D eigenvalue weighted by atomic mass is 16.6. The first-order valence-electron chi connectivity index (χ1n) is 5.90. The summed E-state index contributed by atoms with van der Waals surface area (Å²) in [7, 11) is 1.34. The number of likely N-dealkylation sites (tertiary alicyclic amines) is 1. The van der Waals surface area contributed by atoms with Gasteiger partial charge in [0.1, 0.15) is 0 Å². The number of hydrogen-bond donors (Lipinski definition) is 0. The van der Waals surface area contributed by atoms with E-state index in [0.717, 1.165) is 19.5 Å². The van der Waals surface area contributed by atoms with E-state index in [2.05, 4.69) is 4.74 Å². The summed E-state index contributed by atoms with van der Waals surface area (Å²) >= 11 is 0. The van der Waals surface area contributed by atoms with E-state index in [-0.39, 0.29) is 11.9 Å². The van der Waals surface area contributed by atoms with Crippen molar-refractivity contribution in [2.24, 2.45) is 0 Å². The number of rotatable bonds is 3. The molecule has 0 N–H and O–H groups in total. The van der Waals surface area contributed by atoms with E-state index in [4.69, 9.17) is 4.74 Å². The van der Waals surface area contributed by atoms with Gasteiger partial charge in [-0.2, -0.15) is 0 Å². The number of morpholine rings is 1. The summed E-state index contributed by atoms with van der Waals surface area (Å²) in [6.45, 7) is 3.69. The monoisotopic (exact) mass is 242 g/mol. The molecule has 1 atom stereocenters. The van der Waals surface area contributed by atoms with Crippen molar-refractivity contribution >= 4 is 11.9 Å². The highest BCUT2D eigenvalue weighted by molar-refractivity contribution is 5.79. The molecule has 2 fully saturated rings. The zero-order valence-electron chi connectivity index (χ0n) is 10.1. The van der Waals surface area contributed by atoms with Crippen molar-refractivity contribution in [3.63, 3.8) is 0 Å². The third-order valence-electron chi connectivity index (χ3n) is 3.18. The molecule has 1 amide bonds. The smallest absolute Gasteiger partial charge is 0.336 e. The van der Waals surface area contributed by atoms with E-state index < -0.39 is 6.10 Å². The maximum absolute atomic E-state index is 11.8. The van der Waals surface area contributed by atoms with Gasteiger partial charge in [-0.3, -0.25) is 9.69 Å². The van der Waals surface area contributed by atoms with Crippen LogP contribution in [-0.2, 0) is 19.1 Å². The Morgan fingerprint density at radius 3 is 2.71 bits per heavy atom. The van der Waals surface area contributed by atoms with Crippen LogP contribution in [0, 0.1) is 0 Å². The Kier molecular flexibility index (Phi) is 3.96. The molecule has 0 aromatic carbocycles. The third kappa shape index (κ3) is 2.95. The lowest BCUT2D eigenvalue weighted by Gasteiger charge is -2.35. The molecule has 96 valence electrons. The predicted molar refractivity (Wildman–Crippen MR) is 59.4 cm³/mol. The van der Waals surface area contributed by atoms with Crippen LogP contribution in [0.4, 0.5) is 0 Å². The maximum Gasteiger partial charge on any atom is 0.336 e. The second-order valence-electron chi connectivity index (χ2n) is 4.35. The summed E-state index contributed by atoms with van der Waals surface area (Å²) < 4.78 is 9.94. The van der Waals surface area contributed by atoms with E-state index in [9.17, 15) is 9.59 Å². The molecule has 17 heavy (non-hydrogen) atoms. The second kappa shape index (κ2) is 5.46. The number of carbonyl (C=O) groups excluding carboxylic acids is 2. The van der Waals surface area contributed by atoms with Crippen molar-refractivity contribution in [1.82, 2.24) is 9.80 Å². The summed E-state index contributed by atoms with van der Waals surface area (Å²) in [4.78, 5) is 26.9. The molecule has 0 saturated carbocycles. The average molecular weight is 242 g/mol. The summed E-state index contributed by atoms with van der Waals surface area (Å²) in [5, 5.41) is 0. The first-order chi connectivity index (χ1) is 8.20. The third-order valence-corrected chi connectivity index (χ3v) is 3.18.